The van der Waals surface area contributed by atoms with E-state index in [9.17, 15) is 8.42 Å². The van der Waals surface area contributed by atoms with Gasteiger partial charge in [0, 0.05) is 48.8 Å². The molecule has 0 spiro atoms. The van der Waals surface area contributed by atoms with Crippen LogP contribution in [0.2, 0.25) is 5.02 Å². The maximum absolute atomic E-state index is 11.5. The van der Waals surface area contributed by atoms with E-state index in [0.29, 0.717) is 4.90 Å². The predicted molar refractivity (Wildman–Crippen MR) is 95.4 cm³/mol. The number of sulfone groups is 1. The minimum absolute atomic E-state index is 0.362. The van der Waals surface area contributed by atoms with Crippen molar-refractivity contribution >= 4 is 32.8 Å². The van der Waals surface area contributed by atoms with Crippen molar-refractivity contribution in [3.8, 4) is 0 Å². The van der Waals surface area contributed by atoms with E-state index in [0.717, 1.165) is 36.9 Å². The van der Waals surface area contributed by atoms with Gasteiger partial charge in [-0.3, -0.25) is 0 Å². The number of halogens is 1. The molecule has 1 fully saturated rings. The summed E-state index contributed by atoms with van der Waals surface area (Å²) < 4.78 is 23.0. The fourth-order valence-electron chi connectivity index (χ4n) is 2.78. The van der Waals surface area contributed by atoms with Crippen LogP contribution in [-0.2, 0) is 9.84 Å². The zero-order valence-corrected chi connectivity index (χ0v) is 14.5. The SMILES string of the molecule is CS(=O)(=O)c1ccc(N2CCN(c3ccc(Cl)cc3)CC2)cc1. The van der Waals surface area contributed by atoms with Gasteiger partial charge >= 0.3 is 0 Å². The van der Waals surface area contributed by atoms with Gasteiger partial charge in [0.1, 0.15) is 0 Å². The van der Waals surface area contributed by atoms with E-state index in [1.54, 1.807) is 12.1 Å². The van der Waals surface area contributed by atoms with Gasteiger partial charge in [-0.2, -0.15) is 0 Å². The Morgan fingerprint density at radius 1 is 0.783 bits per heavy atom. The number of hydrogen-bond acceptors (Lipinski definition) is 4. The summed E-state index contributed by atoms with van der Waals surface area (Å²) in [5.41, 5.74) is 2.25. The lowest BCUT2D eigenvalue weighted by atomic mass is 10.2. The molecule has 0 aliphatic carbocycles. The van der Waals surface area contributed by atoms with Gasteiger partial charge in [0.25, 0.3) is 0 Å². The first-order valence-corrected chi connectivity index (χ1v) is 9.76. The number of benzene rings is 2. The Hall–Kier alpha value is -1.72. The van der Waals surface area contributed by atoms with Crippen LogP contribution in [0.15, 0.2) is 53.4 Å². The van der Waals surface area contributed by atoms with Crippen LogP contribution in [0.4, 0.5) is 11.4 Å². The highest BCUT2D eigenvalue weighted by molar-refractivity contribution is 7.90. The summed E-state index contributed by atoms with van der Waals surface area (Å²) in [6, 6.07) is 15.0. The third-order valence-electron chi connectivity index (χ3n) is 4.10. The molecule has 23 heavy (non-hydrogen) atoms. The molecule has 0 aromatic heterocycles. The topological polar surface area (TPSA) is 40.6 Å². The van der Waals surface area contributed by atoms with E-state index in [4.69, 9.17) is 11.6 Å². The summed E-state index contributed by atoms with van der Waals surface area (Å²) >= 11 is 5.93. The number of anilines is 2. The molecular weight excluding hydrogens is 332 g/mol. The molecule has 0 unspecified atom stereocenters. The van der Waals surface area contributed by atoms with Gasteiger partial charge < -0.3 is 9.80 Å². The van der Waals surface area contributed by atoms with Crippen LogP contribution in [0.5, 0.6) is 0 Å². The van der Waals surface area contributed by atoms with Crippen molar-refractivity contribution in [2.75, 3.05) is 42.2 Å². The average Bonchev–Trinajstić information content (AvgIpc) is 2.55. The molecule has 0 atom stereocenters. The number of nitrogens with zero attached hydrogens (tertiary/aromatic N) is 2. The maximum Gasteiger partial charge on any atom is 0.175 e. The van der Waals surface area contributed by atoms with Gasteiger partial charge in [0.15, 0.2) is 9.84 Å². The van der Waals surface area contributed by atoms with Crippen molar-refractivity contribution in [1.82, 2.24) is 0 Å². The standard InChI is InChI=1S/C17H19ClN2O2S/c1-23(21,22)17-8-6-16(7-9-17)20-12-10-19(11-13-20)15-4-2-14(18)3-5-15/h2-9H,10-13H2,1H3. The van der Waals surface area contributed by atoms with E-state index < -0.39 is 9.84 Å². The summed E-state index contributed by atoms with van der Waals surface area (Å²) in [4.78, 5) is 4.97. The van der Waals surface area contributed by atoms with E-state index in [-0.39, 0.29) is 0 Å². The van der Waals surface area contributed by atoms with Gasteiger partial charge in [0.05, 0.1) is 4.90 Å². The monoisotopic (exact) mass is 350 g/mol. The molecular formula is C17H19ClN2O2S. The highest BCUT2D eigenvalue weighted by Crippen LogP contribution is 2.23. The van der Waals surface area contributed by atoms with Crippen LogP contribution < -0.4 is 9.80 Å². The first-order valence-electron chi connectivity index (χ1n) is 7.49. The summed E-state index contributed by atoms with van der Waals surface area (Å²) in [7, 11) is -3.14. The molecule has 2 aromatic rings. The van der Waals surface area contributed by atoms with Gasteiger partial charge in [0.2, 0.25) is 0 Å². The van der Waals surface area contributed by atoms with Gasteiger partial charge in [-0.1, -0.05) is 11.6 Å². The van der Waals surface area contributed by atoms with Crippen LogP contribution in [0, 0.1) is 0 Å². The molecule has 0 radical (unpaired) electrons. The lowest BCUT2D eigenvalue weighted by Crippen LogP contribution is -2.46. The molecule has 0 N–H and O–H groups in total. The molecule has 1 heterocycles. The zero-order valence-electron chi connectivity index (χ0n) is 12.9. The zero-order chi connectivity index (χ0) is 16.4. The summed E-state index contributed by atoms with van der Waals surface area (Å²) in [6.45, 7) is 3.66. The lowest BCUT2D eigenvalue weighted by molar-refractivity contribution is 0.602. The third kappa shape index (κ3) is 3.79. The van der Waals surface area contributed by atoms with Crippen LogP contribution in [0.3, 0.4) is 0 Å². The largest absolute Gasteiger partial charge is 0.368 e. The summed E-state index contributed by atoms with van der Waals surface area (Å²) in [6.07, 6.45) is 1.23. The first-order chi connectivity index (χ1) is 10.9. The van der Waals surface area contributed by atoms with Crippen molar-refractivity contribution in [1.29, 1.82) is 0 Å². The molecule has 0 saturated carbocycles. The van der Waals surface area contributed by atoms with Crippen LogP contribution in [-0.4, -0.2) is 40.9 Å². The Labute approximate surface area is 142 Å². The van der Waals surface area contributed by atoms with Crippen molar-refractivity contribution in [2.45, 2.75) is 4.90 Å². The minimum Gasteiger partial charge on any atom is -0.368 e. The van der Waals surface area contributed by atoms with Crippen LogP contribution in [0.25, 0.3) is 0 Å². The number of piperazine rings is 1. The Morgan fingerprint density at radius 3 is 1.57 bits per heavy atom. The van der Waals surface area contributed by atoms with Gasteiger partial charge in [-0.05, 0) is 48.5 Å². The fraction of sp³-hybridized carbons (Fsp3) is 0.294. The van der Waals surface area contributed by atoms with Crippen molar-refractivity contribution in [3.05, 3.63) is 53.6 Å². The van der Waals surface area contributed by atoms with Crippen LogP contribution in [0.1, 0.15) is 0 Å². The number of rotatable bonds is 3. The first kappa shape index (κ1) is 16.1. The second-order valence-electron chi connectivity index (χ2n) is 5.72. The molecule has 1 aliphatic rings. The second-order valence-corrected chi connectivity index (χ2v) is 8.17. The minimum atomic E-state index is -3.14. The van der Waals surface area contributed by atoms with E-state index >= 15 is 0 Å². The van der Waals surface area contributed by atoms with Gasteiger partial charge in [-0.15, -0.1) is 0 Å². The van der Waals surface area contributed by atoms with Crippen molar-refractivity contribution < 1.29 is 8.42 Å². The Morgan fingerprint density at radius 2 is 1.17 bits per heavy atom. The molecule has 2 aromatic carbocycles. The molecule has 6 heteroatoms. The quantitative estimate of drug-likeness (QED) is 0.853. The fourth-order valence-corrected chi connectivity index (χ4v) is 3.54. The number of hydrogen-bond donors (Lipinski definition) is 0. The molecule has 1 aliphatic heterocycles. The average molecular weight is 351 g/mol. The van der Waals surface area contributed by atoms with Crippen molar-refractivity contribution in [2.24, 2.45) is 0 Å². The predicted octanol–water partition coefficient (Wildman–Crippen LogP) is 3.07. The molecule has 0 amide bonds. The van der Waals surface area contributed by atoms with E-state index in [1.165, 1.54) is 11.9 Å². The molecule has 3 rings (SSSR count). The maximum atomic E-state index is 11.5. The highest BCUT2D eigenvalue weighted by atomic mass is 35.5. The summed E-state index contributed by atoms with van der Waals surface area (Å²) in [5.74, 6) is 0. The highest BCUT2D eigenvalue weighted by Gasteiger charge is 2.18. The van der Waals surface area contributed by atoms with E-state index in [1.807, 2.05) is 36.4 Å². The summed E-state index contributed by atoms with van der Waals surface area (Å²) in [5, 5.41) is 0.748. The molecule has 122 valence electrons. The molecule has 1 saturated heterocycles. The van der Waals surface area contributed by atoms with E-state index in [2.05, 4.69) is 9.80 Å². The lowest BCUT2D eigenvalue weighted by Gasteiger charge is -2.37. The Balaban J connectivity index is 1.66. The Kier molecular flexibility index (Phi) is 4.50. The third-order valence-corrected chi connectivity index (χ3v) is 5.48. The van der Waals surface area contributed by atoms with Crippen LogP contribution >= 0.6 is 11.6 Å². The smallest absolute Gasteiger partial charge is 0.175 e. The molecule has 4 nitrogen and oxygen atoms in total. The second kappa shape index (κ2) is 6.42. The van der Waals surface area contributed by atoms with Crippen molar-refractivity contribution in [3.63, 3.8) is 0 Å². The normalized spacial score (nSPS) is 15.7. The molecule has 0 bridgehead atoms. The Bertz CT molecular complexity index is 765. The van der Waals surface area contributed by atoms with Gasteiger partial charge in [-0.25, -0.2) is 8.42 Å².